The zero-order valence-electron chi connectivity index (χ0n) is 13.2. The van der Waals surface area contributed by atoms with Crippen LogP contribution in [0.3, 0.4) is 0 Å². The van der Waals surface area contributed by atoms with Gasteiger partial charge in [-0.05, 0) is 25.9 Å². The molecule has 3 fully saturated rings. The van der Waals surface area contributed by atoms with Crippen molar-refractivity contribution in [1.82, 2.24) is 19.7 Å². The minimum atomic E-state index is 0.396. The van der Waals surface area contributed by atoms with Gasteiger partial charge in [0, 0.05) is 50.3 Å². The van der Waals surface area contributed by atoms with Crippen molar-refractivity contribution >= 4 is 11.3 Å². The zero-order chi connectivity index (χ0) is 14.8. The molecule has 122 valence electrons. The zero-order valence-corrected chi connectivity index (χ0v) is 14.0. The standard InChI is InChI=1S/C16H26N4OS/c1-2-5-18(4-1)6-7-20-8-9-21-15-12-19(11-14(15)20)13-16-17-3-10-22-16/h3,10,14-15H,1-2,4-9,11-13H2/t14-,15+/m1/s1. The van der Waals surface area contributed by atoms with Crippen LogP contribution in [0.2, 0.25) is 0 Å². The number of rotatable bonds is 5. The van der Waals surface area contributed by atoms with E-state index in [1.54, 1.807) is 11.3 Å². The van der Waals surface area contributed by atoms with Gasteiger partial charge >= 0.3 is 0 Å². The van der Waals surface area contributed by atoms with Crippen molar-refractivity contribution in [2.45, 2.75) is 31.5 Å². The van der Waals surface area contributed by atoms with E-state index in [0.29, 0.717) is 12.1 Å². The third kappa shape index (κ3) is 3.36. The van der Waals surface area contributed by atoms with Gasteiger partial charge in [-0.15, -0.1) is 11.3 Å². The Balaban J connectivity index is 1.32. The quantitative estimate of drug-likeness (QED) is 0.811. The molecule has 0 aromatic carbocycles. The van der Waals surface area contributed by atoms with Gasteiger partial charge in [0.1, 0.15) is 5.01 Å². The first-order valence-electron chi connectivity index (χ1n) is 8.57. The van der Waals surface area contributed by atoms with E-state index in [1.165, 1.54) is 44.0 Å². The second-order valence-corrected chi connectivity index (χ2v) is 7.66. The summed E-state index contributed by atoms with van der Waals surface area (Å²) in [6.07, 6.45) is 5.07. The van der Waals surface area contributed by atoms with E-state index in [0.717, 1.165) is 32.8 Å². The summed E-state index contributed by atoms with van der Waals surface area (Å²) in [4.78, 5) is 12.2. The van der Waals surface area contributed by atoms with Crippen molar-refractivity contribution in [2.75, 3.05) is 52.4 Å². The Bertz CT molecular complexity index is 463. The summed E-state index contributed by atoms with van der Waals surface area (Å²) in [7, 11) is 0. The Hall–Kier alpha value is -0.530. The summed E-state index contributed by atoms with van der Waals surface area (Å²) in [6.45, 7) is 10.2. The normalized spacial score (nSPS) is 30.9. The Labute approximate surface area is 136 Å². The first kappa shape index (κ1) is 15.0. The maximum atomic E-state index is 6.04. The fourth-order valence-corrected chi connectivity index (χ4v) is 4.70. The molecule has 0 bridgehead atoms. The lowest BCUT2D eigenvalue weighted by molar-refractivity contribution is -0.0488. The maximum absolute atomic E-state index is 6.04. The Morgan fingerprint density at radius 2 is 2.05 bits per heavy atom. The smallest absolute Gasteiger partial charge is 0.107 e. The first-order valence-corrected chi connectivity index (χ1v) is 9.45. The lowest BCUT2D eigenvalue weighted by Gasteiger charge is -2.37. The number of aromatic nitrogens is 1. The highest BCUT2D eigenvalue weighted by molar-refractivity contribution is 7.09. The van der Waals surface area contributed by atoms with Gasteiger partial charge < -0.3 is 9.64 Å². The van der Waals surface area contributed by atoms with Crippen LogP contribution in [0.25, 0.3) is 0 Å². The highest BCUT2D eigenvalue weighted by Crippen LogP contribution is 2.24. The summed E-state index contributed by atoms with van der Waals surface area (Å²) in [6, 6.07) is 0.580. The van der Waals surface area contributed by atoms with Crippen LogP contribution in [0.4, 0.5) is 0 Å². The molecule has 0 saturated carbocycles. The van der Waals surface area contributed by atoms with Crippen molar-refractivity contribution in [1.29, 1.82) is 0 Å². The van der Waals surface area contributed by atoms with Gasteiger partial charge in [-0.1, -0.05) is 0 Å². The molecule has 6 heteroatoms. The lowest BCUT2D eigenvalue weighted by atomic mass is 10.1. The van der Waals surface area contributed by atoms with Crippen molar-refractivity contribution in [3.05, 3.63) is 16.6 Å². The van der Waals surface area contributed by atoms with Crippen LogP contribution in [0.15, 0.2) is 11.6 Å². The molecule has 1 aromatic rings. The fourth-order valence-electron chi connectivity index (χ4n) is 4.04. The molecule has 0 N–H and O–H groups in total. The molecular formula is C16H26N4OS. The predicted octanol–water partition coefficient (Wildman–Crippen LogP) is 1.12. The average Bonchev–Trinajstić information content (AvgIpc) is 3.26. The third-order valence-corrected chi connectivity index (χ3v) is 6.00. The molecule has 22 heavy (non-hydrogen) atoms. The van der Waals surface area contributed by atoms with Crippen LogP contribution in [0, 0.1) is 0 Å². The first-order chi connectivity index (χ1) is 10.9. The Morgan fingerprint density at radius 3 is 2.86 bits per heavy atom. The van der Waals surface area contributed by atoms with Gasteiger partial charge in [-0.25, -0.2) is 4.98 Å². The largest absolute Gasteiger partial charge is 0.374 e. The molecule has 3 saturated heterocycles. The van der Waals surface area contributed by atoms with Gasteiger partial charge in [-0.2, -0.15) is 0 Å². The summed E-state index contributed by atoms with van der Waals surface area (Å²) < 4.78 is 6.04. The van der Waals surface area contributed by atoms with Crippen LogP contribution in [-0.2, 0) is 11.3 Å². The van der Waals surface area contributed by atoms with Gasteiger partial charge in [-0.3, -0.25) is 9.80 Å². The minimum Gasteiger partial charge on any atom is -0.374 e. The van der Waals surface area contributed by atoms with Crippen molar-refractivity contribution in [3.8, 4) is 0 Å². The van der Waals surface area contributed by atoms with E-state index in [-0.39, 0.29) is 0 Å². The average molecular weight is 322 g/mol. The molecule has 0 aliphatic carbocycles. The molecule has 0 unspecified atom stereocenters. The van der Waals surface area contributed by atoms with Crippen molar-refractivity contribution in [3.63, 3.8) is 0 Å². The van der Waals surface area contributed by atoms with Crippen LogP contribution in [-0.4, -0.2) is 84.2 Å². The van der Waals surface area contributed by atoms with Crippen LogP contribution >= 0.6 is 11.3 Å². The van der Waals surface area contributed by atoms with Gasteiger partial charge in [0.05, 0.1) is 19.3 Å². The number of ether oxygens (including phenoxy) is 1. The van der Waals surface area contributed by atoms with E-state index in [9.17, 15) is 0 Å². The molecule has 0 spiro atoms. The Kier molecular flexibility index (Phi) is 4.73. The number of hydrogen-bond acceptors (Lipinski definition) is 6. The van der Waals surface area contributed by atoms with Gasteiger partial charge in [0.15, 0.2) is 0 Å². The summed E-state index contributed by atoms with van der Waals surface area (Å²) in [5, 5.41) is 3.29. The minimum absolute atomic E-state index is 0.396. The third-order valence-electron chi connectivity index (χ3n) is 5.24. The van der Waals surface area contributed by atoms with E-state index in [4.69, 9.17) is 4.74 Å². The molecule has 3 aliphatic heterocycles. The second kappa shape index (κ2) is 6.93. The van der Waals surface area contributed by atoms with Crippen molar-refractivity contribution < 1.29 is 4.74 Å². The molecule has 4 rings (SSSR count). The summed E-state index contributed by atoms with van der Waals surface area (Å²) in [5.74, 6) is 0. The lowest BCUT2D eigenvalue weighted by Crippen LogP contribution is -2.52. The van der Waals surface area contributed by atoms with E-state index in [1.807, 2.05) is 6.20 Å². The van der Waals surface area contributed by atoms with E-state index in [2.05, 4.69) is 25.1 Å². The number of fused-ring (bicyclic) bond motifs is 1. The molecule has 0 radical (unpaired) electrons. The Morgan fingerprint density at radius 1 is 1.14 bits per heavy atom. The predicted molar refractivity (Wildman–Crippen MR) is 88.2 cm³/mol. The molecule has 5 nitrogen and oxygen atoms in total. The van der Waals surface area contributed by atoms with Crippen LogP contribution in [0.1, 0.15) is 17.8 Å². The summed E-state index contributed by atoms with van der Waals surface area (Å²) in [5.41, 5.74) is 0. The molecule has 3 aliphatic rings. The number of hydrogen-bond donors (Lipinski definition) is 0. The monoisotopic (exact) mass is 322 g/mol. The second-order valence-electron chi connectivity index (χ2n) is 6.68. The number of thiazole rings is 1. The molecule has 1 aromatic heterocycles. The summed E-state index contributed by atoms with van der Waals surface area (Å²) >= 11 is 1.76. The molecule has 4 heterocycles. The van der Waals surface area contributed by atoms with Gasteiger partial charge in [0.25, 0.3) is 0 Å². The highest BCUT2D eigenvalue weighted by atomic mass is 32.1. The van der Waals surface area contributed by atoms with E-state index >= 15 is 0 Å². The van der Waals surface area contributed by atoms with E-state index < -0.39 is 0 Å². The highest BCUT2D eigenvalue weighted by Gasteiger charge is 2.40. The molecule has 2 atom stereocenters. The number of likely N-dealkylation sites (tertiary alicyclic amines) is 2. The number of morpholine rings is 1. The van der Waals surface area contributed by atoms with Crippen molar-refractivity contribution in [2.24, 2.45) is 0 Å². The fraction of sp³-hybridized carbons (Fsp3) is 0.812. The van der Waals surface area contributed by atoms with Gasteiger partial charge in [0.2, 0.25) is 0 Å². The van der Waals surface area contributed by atoms with Crippen LogP contribution in [0.5, 0.6) is 0 Å². The number of nitrogens with zero attached hydrogens (tertiary/aromatic N) is 4. The van der Waals surface area contributed by atoms with Crippen LogP contribution < -0.4 is 0 Å². The topological polar surface area (TPSA) is 31.8 Å². The molecular weight excluding hydrogens is 296 g/mol. The molecule has 0 amide bonds. The maximum Gasteiger partial charge on any atom is 0.107 e. The SMILES string of the molecule is c1csc(CN2C[C@@H]3OCCN(CCN4CCCC4)[C@@H]3C2)n1.